The Bertz CT molecular complexity index is 658. The Hall–Kier alpha value is 0.751. The van der Waals surface area contributed by atoms with Crippen molar-refractivity contribution in [1.29, 1.82) is 0 Å². The van der Waals surface area contributed by atoms with E-state index < -0.39 is 0 Å². The van der Waals surface area contributed by atoms with Crippen LogP contribution in [0.5, 0.6) is 0 Å². The molecule has 0 spiro atoms. The molecule has 3 aliphatic carbocycles. The fourth-order valence-electron chi connectivity index (χ4n) is 5.96. The van der Waals surface area contributed by atoms with Crippen molar-refractivity contribution in [1.82, 2.24) is 0 Å². The van der Waals surface area contributed by atoms with E-state index in [1.54, 1.807) is 0 Å². The van der Waals surface area contributed by atoms with Crippen LogP contribution in [-0.4, -0.2) is 24.9 Å². The van der Waals surface area contributed by atoms with Crippen molar-refractivity contribution in [3.63, 3.8) is 0 Å². The summed E-state index contributed by atoms with van der Waals surface area (Å²) < 4.78 is 4.94. The van der Waals surface area contributed by atoms with Crippen LogP contribution in [-0.2, 0) is 4.74 Å². The van der Waals surface area contributed by atoms with Crippen LogP contribution in [0.25, 0.3) is 0 Å². The van der Waals surface area contributed by atoms with Crippen LogP contribution in [0.4, 0.5) is 0 Å². The predicted octanol–water partition coefficient (Wildman–Crippen LogP) is 10.6. The van der Waals surface area contributed by atoms with Gasteiger partial charge < -0.3 is 9.84 Å². The third-order valence-corrected chi connectivity index (χ3v) is 10.9. The van der Waals surface area contributed by atoms with Crippen LogP contribution in [0.2, 0.25) is 0 Å². The van der Waals surface area contributed by atoms with Crippen LogP contribution < -0.4 is 0 Å². The van der Waals surface area contributed by atoms with Gasteiger partial charge in [0.2, 0.25) is 0 Å². The van der Waals surface area contributed by atoms with Gasteiger partial charge in [0.15, 0.2) is 0 Å². The minimum absolute atomic E-state index is 0. The van der Waals surface area contributed by atoms with E-state index in [0.29, 0.717) is 6.61 Å². The molecule has 1 heterocycles. The van der Waals surface area contributed by atoms with Crippen molar-refractivity contribution in [3.05, 3.63) is 81.5 Å². The summed E-state index contributed by atoms with van der Waals surface area (Å²) in [5.41, 5.74) is 6.24. The average Bonchev–Trinajstić information content (AvgIpc) is 3.66. The molecule has 4 rings (SSSR count). The molecule has 230 valence electrons. The second kappa shape index (κ2) is 19.3. The van der Waals surface area contributed by atoms with Crippen molar-refractivity contribution in [2.75, 3.05) is 19.8 Å². The Morgan fingerprint density at radius 3 is 0.976 bits per heavy atom. The molecule has 1 N–H and O–H groups in total. The zero-order chi connectivity index (χ0) is 30.9. The summed E-state index contributed by atoms with van der Waals surface area (Å²) in [6, 6.07) is 0. The molecule has 1 saturated heterocycles. The minimum Gasteiger partial charge on any atom is -0.396 e. The van der Waals surface area contributed by atoms with Gasteiger partial charge in [-0.3, -0.25) is 0 Å². The number of aliphatic hydroxyl groups excluding tert-OH is 1. The van der Waals surface area contributed by atoms with E-state index in [9.17, 15) is 0 Å². The van der Waals surface area contributed by atoms with Crippen LogP contribution in [0.15, 0.2) is 22.3 Å². The van der Waals surface area contributed by atoms with Crippen molar-refractivity contribution in [2.24, 2.45) is 5.41 Å². The van der Waals surface area contributed by atoms with Gasteiger partial charge in [-0.1, -0.05) is 87.3 Å². The SMILES string of the molecule is C1CCOC1.CC1=C(C)C(C)(CCCCO)C(C)=C1C.C[C]1[C](C)[C](C)[C](C)[C]1C.C[C]1[C](C)[C](C)[C](C)[C]1C.[Nd]. The average molecular weight is 695 g/mol. The van der Waals surface area contributed by atoms with Gasteiger partial charge >= 0.3 is 0 Å². The molecule has 0 amide bonds. The largest absolute Gasteiger partial charge is 0.396 e. The number of allylic oxidation sites excluding steroid dienone is 4. The fraction of sp³-hybridized carbons (Fsp3) is 0.632. The van der Waals surface area contributed by atoms with Crippen molar-refractivity contribution in [3.8, 4) is 0 Å². The molecule has 2 saturated carbocycles. The molecule has 0 bridgehead atoms. The summed E-state index contributed by atoms with van der Waals surface area (Å²) in [6.07, 6.45) is 5.76. The molecule has 2 nitrogen and oxygen atoms in total. The summed E-state index contributed by atoms with van der Waals surface area (Å²) in [5, 5.41) is 8.84. The number of rotatable bonds is 4. The van der Waals surface area contributed by atoms with E-state index in [2.05, 4.69) is 104 Å². The van der Waals surface area contributed by atoms with Crippen LogP contribution >= 0.6 is 0 Å². The van der Waals surface area contributed by atoms with Crippen molar-refractivity contribution >= 4 is 0 Å². The first-order valence-electron chi connectivity index (χ1n) is 15.5. The van der Waals surface area contributed by atoms with Gasteiger partial charge in [0, 0.05) is 66.1 Å². The van der Waals surface area contributed by atoms with E-state index in [0.717, 1.165) is 26.1 Å². The van der Waals surface area contributed by atoms with Crippen molar-refractivity contribution < 1.29 is 50.7 Å². The topological polar surface area (TPSA) is 29.5 Å². The molecule has 0 aromatic rings. The summed E-state index contributed by atoms with van der Waals surface area (Å²) in [7, 11) is 0. The molecular formula is C38H62NdO2. The van der Waals surface area contributed by atoms with E-state index in [4.69, 9.17) is 9.84 Å². The Kier molecular flexibility index (Phi) is 19.7. The maximum absolute atomic E-state index is 8.84. The zero-order valence-electron chi connectivity index (χ0n) is 29.5. The fourth-order valence-corrected chi connectivity index (χ4v) is 5.96. The molecule has 0 atom stereocenters. The van der Waals surface area contributed by atoms with Crippen LogP contribution in [0.3, 0.4) is 0 Å². The molecule has 41 heavy (non-hydrogen) atoms. The number of ether oxygens (including phenoxy) is 1. The first kappa shape index (κ1) is 41.8. The number of aliphatic hydroxyl groups is 1. The summed E-state index contributed by atoms with van der Waals surface area (Å²) in [4.78, 5) is 0. The molecule has 0 unspecified atom stereocenters. The molecule has 4 aliphatic rings. The predicted molar refractivity (Wildman–Crippen MR) is 175 cm³/mol. The number of hydrogen-bond donors (Lipinski definition) is 1. The summed E-state index contributed by atoms with van der Waals surface area (Å²) in [5.74, 6) is 14.7. The van der Waals surface area contributed by atoms with Gasteiger partial charge in [0.25, 0.3) is 0 Å². The normalized spacial score (nSPS) is 24.3. The first-order valence-corrected chi connectivity index (χ1v) is 15.5. The van der Waals surface area contributed by atoms with Gasteiger partial charge in [-0.2, -0.15) is 0 Å². The van der Waals surface area contributed by atoms with Gasteiger partial charge in [0.1, 0.15) is 0 Å². The first-order chi connectivity index (χ1) is 18.6. The Morgan fingerprint density at radius 1 is 0.512 bits per heavy atom. The van der Waals surface area contributed by atoms with Crippen LogP contribution in [0, 0.1) is 105 Å². The van der Waals surface area contributed by atoms with Crippen LogP contribution in [0.1, 0.15) is 136 Å². The maximum atomic E-state index is 8.84. The smallest absolute Gasteiger partial charge is 0.0466 e. The van der Waals surface area contributed by atoms with Gasteiger partial charge in [-0.15, -0.1) is 0 Å². The molecule has 10 radical (unpaired) electrons. The molecule has 0 aromatic carbocycles. The monoisotopic (exact) mass is 692 g/mol. The molecule has 3 fully saturated rings. The summed E-state index contributed by atoms with van der Waals surface area (Å²) in [6.45, 7) is 35.6. The molecule has 3 heteroatoms. The summed E-state index contributed by atoms with van der Waals surface area (Å²) >= 11 is 0. The third-order valence-electron chi connectivity index (χ3n) is 10.9. The van der Waals surface area contributed by atoms with Gasteiger partial charge in [0.05, 0.1) is 0 Å². The molecule has 0 aromatic heterocycles. The minimum atomic E-state index is 0. The Labute approximate surface area is 291 Å². The second-order valence-corrected chi connectivity index (χ2v) is 12.6. The Morgan fingerprint density at radius 2 is 0.780 bits per heavy atom. The number of hydrogen-bond acceptors (Lipinski definition) is 2. The van der Waals surface area contributed by atoms with E-state index >= 15 is 0 Å². The quantitative estimate of drug-likeness (QED) is 0.297. The van der Waals surface area contributed by atoms with E-state index in [1.807, 2.05) is 0 Å². The number of unbranched alkanes of at least 4 members (excludes halogenated alkanes) is 1. The van der Waals surface area contributed by atoms with Gasteiger partial charge in [-0.25, -0.2) is 0 Å². The van der Waals surface area contributed by atoms with Gasteiger partial charge in [-0.05, 0) is 130 Å². The van der Waals surface area contributed by atoms with E-state index in [-0.39, 0.29) is 46.3 Å². The third kappa shape index (κ3) is 10.7. The second-order valence-electron chi connectivity index (χ2n) is 12.6. The van der Waals surface area contributed by atoms with E-state index in [1.165, 1.54) is 101 Å². The molecular weight excluding hydrogens is 633 g/mol. The molecule has 1 aliphatic heterocycles. The van der Waals surface area contributed by atoms with Crippen molar-refractivity contribution in [2.45, 2.75) is 136 Å². The Balaban J connectivity index is 0.000000544. The standard InChI is InChI=1S/C14H24O.2C10H15.C4H8O.Nd/c1-10-11(2)13(4)14(5,12(10)3)8-6-7-9-15;2*1-6-7(2)9(4)10(5)8(6)3;1-2-4-5-3-1;/h15H,6-9H2,1-5H3;2*1-5H3;1-4H2;. The maximum Gasteiger partial charge on any atom is 0.0466 e. The zero-order valence-corrected chi connectivity index (χ0v) is 32.7.